The first-order valence-electron chi connectivity index (χ1n) is 22.8. The summed E-state index contributed by atoms with van der Waals surface area (Å²) in [7, 11) is 0. The van der Waals surface area contributed by atoms with Crippen LogP contribution in [-0.4, -0.2) is 171 Å². The molecule has 20 heteroatoms. The molecule has 0 radical (unpaired) electrons. The number of hydrogen-bond acceptors (Lipinski definition) is 19. The van der Waals surface area contributed by atoms with Crippen molar-refractivity contribution in [1.29, 1.82) is 0 Å². The molecule has 1 aromatic heterocycles. The van der Waals surface area contributed by atoms with Gasteiger partial charge in [0.2, 0.25) is 5.91 Å². The Morgan fingerprint density at radius 3 is 2.32 bits per heavy atom. The molecule has 3 aliphatic carbocycles. The molecule has 9 N–H and O–H groups in total. The van der Waals surface area contributed by atoms with E-state index >= 15 is 0 Å². The van der Waals surface area contributed by atoms with E-state index in [4.69, 9.17) is 28.4 Å². The van der Waals surface area contributed by atoms with Gasteiger partial charge in [0.15, 0.2) is 24.5 Å². The van der Waals surface area contributed by atoms with E-state index in [1.54, 1.807) is 6.92 Å². The Morgan fingerprint density at radius 1 is 0.937 bits per heavy atom. The van der Waals surface area contributed by atoms with Crippen molar-refractivity contribution in [3.63, 3.8) is 0 Å². The summed E-state index contributed by atoms with van der Waals surface area (Å²) in [5.74, 6) is -2.80. The minimum atomic E-state index is -1.56. The monoisotopic (exact) mass is 912 g/mol. The fourth-order valence-corrected chi connectivity index (χ4v) is 10.7. The van der Waals surface area contributed by atoms with Gasteiger partial charge >= 0.3 is 0 Å². The highest BCUT2D eigenvalue weighted by Gasteiger charge is 2.58. The van der Waals surface area contributed by atoms with E-state index in [1.165, 1.54) is 18.3 Å². The van der Waals surface area contributed by atoms with Crippen LogP contribution in [0.5, 0.6) is 0 Å². The van der Waals surface area contributed by atoms with Crippen LogP contribution in [0, 0.1) is 30.6 Å². The molecule has 19 atom stereocenters. The van der Waals surface area contributed by atoms with E-state index in [0.29, 0.717) is 19.4 Å². The summed E-state index contributed by atoms with van der Waals surface area (Å²) in [6.45, 7) is 6.56. The van der Waals surface area contributed by atoms with Gasteiger partial charge in [-0.2, -0.15) is 0 Å². The van der Waals surface area contributed by atoms with Gasteiger partial charge in [-0.05, 0) is 45.4 Å². The average molecular weight is 913 g/mol. The highest BCUT2D eigenvalue weighted by atomic mass is 32.1. The lowest BCUT2D eigenvalue weighted by Gasteiger charge is -2.47. The van der Waals surface area contributed by atoms with Crippen LogP contribution in [0.25, 0.3) is 0 Å². The summed E-state index contributed by atoms with van der Waals surface area (Å²) in [6, 6.07) is -1.11. The highest BCUT2D eigenvalue weighted by molar-refractivity contribution is 7.09. The fourth-order valence-electron chi connectivity index (χ4n) is 9.86. The third-order valence-electron chi connectivity index (χ3n) is 13.7. The van der Waals surface area contributed by atoms with Crippen LogP contribution in [0.1, 0.15) is 95.4 Å². The Morgan fingerprint density at radius 2 is 1.67 bits per heavy atom. The molecule has 3 aliphatic heterocycles. The summed E-state index contributed by atoms with van der Waals surface area (Å²) in [5, 5.41) is 77.7. The van der Waals surface area contributed by atoms with Crippen LogP contribution in [0.4, 0.5) is 0 Å². The van der Waals surface area contributed by atoms with E-state index in [-0.39, 0.29) is 67.6 Å². The van der Waals surface area contributed by atoms with Crippen molar-refractivity contribution >= 4 is 28.8 Å². The number of aliphatic hydroxyl groups excluding tert-OH is 6. The largest absolute Gasteiger partial charge is 0.394 e. The van der Waals surface area contributed by atoms with Crippen molar-refractivity contribution in [2.45, 2.75) is 184 Å². The molecule has 6 fully saturated rings. The van der Waals surface area contributed by atoms with Crippen molar-refractivity contribution in [3.05, 3.63) is 16.1 Å². The number of Topliss-reactive ketones (excluding diaryl/α,β-unsaturated/α-hetero) is 2. The highest BCUT2D eigenvalue weighted by Crippen LogP contribution is 2.44. The molecular weight excluding hydrogens is 845 g/mol. The average Bonchev–Trinajstić information content (AvgIpc) is 4.06. The van der Waals surface area contributed by atoms with Crippen LogP contribution in [0.15, 0.2) is 5.38 Å². The van der Waals surface area contributed by atoms with Crippen LogP contribution in [-0.2, 0) is 42.8 Å². The maximum atomic E-state index is 14.3. The SMILES string of the molecule is CCC1CC(C(=O)NCCNC2OC2c2nc(C)cs2)[C@@H](OC2OC(CO)[C@H](O)C(O[C@@H](CC3CCCCC3)C3C(=O)C3O)C2NCC(C)=O)C1OC1O[C@@H](C)C(O)CC(O)[C@@H]1O. The predicted molar refractivity (Wildman–Crippen MR) is 223 cm³/mol. The second-order valence-corrected chi connectivity index (χ2v) is 19.3. The maximum Gasteiger partial charge on any atom is 0.225 e. The third-order valence-corrected chi connectivity index (χ3v) is 14.7. The number of rotatable bonds is 20. The smallest absolute Gasteiger partial charge is 0.225 e. The fraction of sp³-hybridized carbons (Fsp3) is 0.860. The van der Waals surface area contributed by atoms with Gasteiger partial charge in [-0.3, -0.25) is 19.7 Å². The second-order valence-electron chi connectivity index (χ2n) is 18.4. The first kappa shape index (κ1) is 48.8. The molecule has 7 rings (SSSR count). The van der Waals surface area contributed by atoms with Crippen molar-refractivity contribution in [2.75, 3.05) is 26.2 Å². The van der Waals surface area contributed by atoms with Crippen molar-refractivity contribution in [2.24, 2.45) is 23.7 Å². The van der Waals surface area contributed by atoms with Gasteiger partial charge in [0.25, 0.3) is 0 Å². The molecule has 63 heavy (non-hydrogen) atoms. The first-order valence-corrected chi connectivity index (χ1v) is 23.7. The minimum absolute atomic E-state index is 0.157. The van der Waals surface area contributed by atoms with Crippen LogP contribution >= 0.6 is 11.3 Å². The quantitative estimate of drug-likeness (QED) is 0.0589. The summed E-state index contributed by atoms with van der Waals surface area (Å²) < 4.78 is 38.1. The number of hydrogen-bond donors (Lipinski definition) is 9. The lowest BCUT2D eigenvalue weighted by atomic mass is 9.84. The molecule has 1 aromatic rings. The number of carbonyl (C=O) groups is 3. The number of thiazole rings is 1. The number of aromatic nitrogens is 1. The molecule has 6 aliphatic rings. The molecule has 356 valence electrons. The third kappa shape index (κ3) is 11.7. The van der Waals surface area contributed by atoms with Crippen LogP contribution in [0.2, 0.25) is 0 Å². The Balaban J connectivity index is 1.14. The van der Waals surface area contributed by atoms with E-state index in [9.17, 15) is 45.0 Å². The van der Waals surface area contributed by atoms with E-state index < -0.39 is 104 Å². The zero-order valence-electron chi connectivity index (χ0n) is 36.5. The Labute approximate surface area is 371 Å². The molecule has 19 nitrogen and oxygen atoms in total. The zero-order chi connectivity index (χ0) is 45.1. The summed E-state index contributed by atoms with van der Waals surface area (Å²) in [5.41, 5.74) is 0.917. The molecule has 0 aromatic carbocycles. The number of aryl methyl sites for hydroxylation is 1. The van der Waals surface area contributed by atoms with Gasteiger partial charge in [-0.15, -0.1) is 11.3 Å². The minimum Gasteiger partial charge on any atom is -0.394 e. The summed E-state index contributed by atoms with van der Waals surface area (Å²) >= 11 is 1.52. The molecule has 4 heterocycles. The number of ketones is 2. The molecule has 3 saturated carbocycles. The van der Waals surface area contributed by atoms with Gasteiger partial charge < -0.3 is 69.7 Å². The normalized spacial score (nSPS) is 41.3. The second kappa shape index (κ2) is 21.7. The molecule has 14 unspecified atom stereocenters. The molecular formula is C43H68N4O15S. The van der Waals surface area contributed by atoms with Crippen LogP contribution in [0.3, 0.4) is 0 Å². The zero-order valence-corrected chi connectivity index (χ0v) is 37.3. The first-order chi connectivity index (χ1) is 30.2. The van der Waals surface area contributed by atoms with Gasteiger partial charge in [-0.1, -0.05) is 45.4 Å². The molecule has 0 spiro atoms. The number of amides is 1. The molecule has 3 saturated heterocycles. The number of nitrogens with zero attached hydrogens (tertiary/aromatic N) is 1. The Bertz CT molecular complexity index is 1690. The standard InChI is InChI=1S/C43H68N4O15S/c1-5-23-14-24(39(56)44-11-12-45-40-38(60-40)41-47-19(2)18-63-41)36(35(23)61-43-31(52)26(51)15-25(50)21(4)57-43)62-42-30(46-16-20(3)49)37(32(53)28(17-48)59-42)58-27(29-33(54)34(29)55)13-22-9-7-6-8-10-22/h18,21-33,35-38,40,42-43,45-46,48,50-54H,5-17H2,1-4H3,(H,44,56)/t21-,23?,24?,25?,26?,27-,28?,29?,30?,31-,32-,33?,35?,36+,37?,38?,40?,42?,43?/m0/s1. The van der Waals surface area contributed by atoms with Gasteiger partial charge in [0.1, 0.15) is 47.5 Å². The number of aliphatic hydroxyl groups is 6. The van der Waals surface area contributed by atoms with E-state index in [2.05, 4.69) is 20.9 Å². The van der Waals surface area contributed by atoms with Crippen molar-refractivity contribution in [1.82, 2.24) is 20.9 Å². The lowest BCUT2D eigenvalue weighted by Crippen LogP contribution is -2.66. The van der Waals surface area contributed by atoms with Crippen LogP contribution < -0.4 is 16.0 Å². The summed E-state index contributed by atoms with van der Waals surface area (Å²) in [4.78, 5) is 44.0. The van der Waals surface area contributed by atoms with Crippen molar-refractivity contribution in [3.8, 4) is 0 Å². The number of nitrogens with one attached hydrogen (secondary N) is 3. The molecule has 1 amide bonds. The number of ether oxygens (including phenoxy) is 6. The van der Waals surface area contributed by atoms with Crippen molar-refractivity contribution < 1.29 is 73.4 Å². The lowest BCUT2D eigenvalue weighted by molar-refractivity contribution is -0.314. The maximum absolute atomic E-state index is 14.3. The number of epoxide rings is 1. The summed E-state index contributed by atoms with van der Waals surface area (Å²) in [6.07, 6.45) is -10.0. The van der Waals surface area contributed by atoms with Gasteiger partial charge in [0, 0.05) is 30.6 Å². The number of carbonyl (C=O) groups excluding carboxylic acids is 3. The predicted octanol–water partition coefficient (Wildman–Crippen LogP) is -0.502. The Hall–Kier alpha value is -2.12. The van der Waals surface area contributed by atoms with Gasteiger partial charge in [-0.25, -0.2) is 4.98 Å². The van der Waals surface area contributed by atoms with E-state index in [0.717, 1.165) is 42.8 Å². The van der Waals surface area contributed by atoms with Gasteiger partial charge in [0.05, 0.1) is 67.7 Å². The topological polar surface area (TPSA) is 280 Å². The Kier molecular flexibility index (Phi) is 16.8. The molecule has 0 bridgehead atoms. The van der Waals surface area contributed by atoms with E-state index in [1.807, 2.05) is 19.2 Å².